The SMILES string of the molecule is NS(=O)(=O)Oc1ccc2c(C3CCCCC3)noc2c1. The highest BCUT2D eigenvalue weighted by molar-refractivity contribution is 7.84. The molecule has 6 nitrogen and oxygen atoms in total. The van der Waals surface area contributed by atoms with E-state index in [1.165, 1.54) is 25.3 Å². The molecular formula is C13H16N2O4S. The molecule has 20 heavy (non-hydrogen) atoms. The summed E-state index contributed by atoms with van der Waals surface area (Å²) < 4.78 is 31.7. The lowest BCUT2D eigenvalue weighted by Gasteiger charge is -2.19. The van der Waals surface area contributed by atoms with E-state index in [0.29, 0.717) is 11.5 Å². The number of nitrogens with zero attached hydrogens (tertiary/aromatic N) is 1. The van der Waals surface area contributed by atoms with Crippen LogP contribution in [0.2, 0.25) is 0 Å². The highest BCUT2D eigenvalue weighted by Crippen LogP contribution is 2.36. The molecule has 0 amide bonds. The normalized spacial score (nSPS) is 17.4. The summed E-state index contributed by atoms with van der Waals surface area (Å²) in [5.74, 6) is 0.557. The van der Waals surface area contributed by atoms with Crippen molar-refractivity contribution in [1.29, 1.82) is 0 Å². The van der Waals surface area contributed by atoms with Gasteiger partial charge in [-0.25, -0.2) is 0 Å². The Morgan fingerprint density at radius 2 is 2.00 bits per heavy atom. The summed E-state index contributed by atoms with van der Waals surface area (Å²) in [6.07, 6.45) is 5.95. The first-order valence-corrected chi connectivity index (χ1v) is 8.11. The number of fused-ring (bicyclic) bond motifs is 1. The van der Waals surface area contributed by atoms with E-state index in [4.69, 9.17) is 9.66 Å². The molecule has 1 aromatic carbocycles. The number of aromatic nitrogens is 1. The summed E-state index contributed by atoms with van der Waals surface area (Å²) in [6, 6.07) is 4.84. The molecular weight excluding hydrogens is 280 g/mol. The molecule has 0 unspecified atom stereocenters. The topological polar surface area (TPSA) is 95.4 Å². The monoisotopic (exact) mass is 296 g/mol. The van der Waals surface area contributed by atoms with Crippen LogP contribution in [0.3, 0.4) is 0 Å². The zero-order chi connectivity index (χ0) is 14.2. The summed E-state index contributed by atoms with van der Waals surface area (Å²) in [5, 5.41) is 9.90. The van der Waals surface area contributed by atoms with E-state index in [9.17, 15) is 8.42 Å². The first-order chi connectivity index (χ1) is 9.53. The van der Waals surface area contributed by atoms with Crippen LogP contribution < -0.4 is 9.32 Å². The van der Waals surface area contributed by atoms with Gasteiger partial charge in [0.1, 0.15) is 5.75 Å². The minimum absolute atomic E-state index is 0.131. The lowest BCUT2D eigenvalue weighted by Crippen LogP contribution is -2.18. The fraction of sp³-hybridized carbons (Fsp3) is 0.462. The zero-order valence-electron chi connectivity index (χ0n) is 10.9. The van der Waals surface area contributed by atoms with Crippen LogP contribution in [0, 0.1) is 0 Å². The summed E-state index contributed by atoms with van der Waals surface area (Å²) in [4.78, 5) is 0. The van der Waals surface area contributed by atoms with Crippen molar-refractivity contribution >= 4 is 21.3 Å². The van der Waals surface area contributed by atoms with Crippen LogP contribution in [0.4, 0.5) is 0 Å². The Kier molecular flexibility index (Phi) is 3.39. The Labute approximate surface area is 117 Å². The molecule has 1 aliphatic rings. The fourth-order valence-electron chi connectivity index (χ4n) is 2.79. The Balaban J connectivity index is 1.93. The van der Waals surface area contributed by atoms with Gasteiger partial charge in [-0.2, -0.15) is 13.6 Å². The Bertz CT molecular complexity index is 717. The van der Waals surface area contributed by atoms with Crippen LogP contribution in [0.15, 0.2) is 22.7 Å². The average molecular weight is 296 g/mol. The number of hydrogen-bond donors (Lipinski definition) is 1. The second kappa shape index (κ2) is 5.06. The third kappa shape index (κ3) is 2.78. The summed E-state index contributed by atoms with van der Waals surface area (Å²) in [7, 11) is -4.02. The van der Waals surface area contributed by atoms with E-state index in [1.807, 2.05) is 0 Å². The van der Waals surface area contributed by atoms with Crippen molar-refractivity contribution in [2.45, 2.75) is 38.0 Å². The molecule has 1 fully saturated rings. The van der Waals surface area contributed by atoms with Crippen LogP contribution in [-0.2, 0) is 10.3 Å². The van der Waals surface area contributed by atoms with Crippen molar-refractivity contribution in [2.24, 2.45) is 5.14 Å². The first-order valence-electron chi connectivity index (χ1n) is 6.64. The lowest BCUT2D eigenvalue weighted by molar-refractivity contribution is 0.395. The predicted octanol–water partition coefficient (Wildman–Crippen LogP) is 2.46. The van der Waals surface area contributed by atoms with Crippen molar-refractivity contribution in [2.75, 3.05) is 0 Å². The van der Waals surface area contributed by atoms with E-state index in [1.54, 1.807) is 12.1 Å². The van der Waals surface area contributed by atoms with E-state index in [0.717, 1.165) is 23.9 Å². The summed E-state index contributed by atoms with van der Waals surface area (Å²) in [6.45, 7) is 0. The molecule has 0 spiro atoms. The van der Waals surface area contributed by atoms with Crippen molar-refractivity contribution in [3.63, 3.8) is 0 Å². The molecule has 0 bridgehead atoms. The molecule has 1 aromatic heterocycles. The maximum Gasteiger partial charge on any atom is 0.380 e. The van der Waals surface area contributed by atoms with Gasteiger partial charge in [0.15, 0.2) is 5.58 Å². The van der Waals surface area contributed by atoms with Crippen LogP contribution in [0.25, 0.3) is 11.0 Å². The van der Waals surface area contributed by atoms with Gasteiger partial charge in [-0.1, -0.05) is 24.4 Å². The lowest BCUT2D eigenvalue weighted by atomic mass is 9.86. The van der Waals surface area contributed by atoms with Gasteiger partial charge < -0.3 is 8.71 Å². The second-order valence-corrected chi connectivity index (χ2v) is 6.29. The standard InChI is InChI=1S/C13H16N2O4S/c14-20(16,17)19-10-6-7-11-12(8-10)18-15-13(11)9-4-2-1-3-5-9/h6-9H,1-5H2,(H2,14,16,17). The van der Waals surface area contributed by atoms with E-state index >= 15 is 0 Å². The molecule has 2 N–H and O–H groups in total. The maximum absolute atomic E-state index is 10.9. The van der Waals surface area contributed by atoms with Gasteiger partial charge in [0, 0.05) is 17.4 Å². The average Bonchev–Trinajstić information content (AvgIpc) is 2.81. The Morgan fingerprint density at radius 1 is 1.25 bits per heavy atom. The highest BCUT2D eigenvalue weighted by Gasteiger charge is 2.22. The molecule has 0 radical (unpaired) electrons. The molecule has 1 saturated carbocycles. The Morgan fingerprint density at radius 3 is 2.70 bits per heavy atom. The smallest absolute Gasteiger partial charge is 0.371 e. The minimum atomic E-state index is -4.02. The van der Waals surface area contributed by atoms with E-state index < -0.39 is 10.3 Å². The molecule has 0 aliphatic heterocycles. The van der Waals surface area contributed by atoms with Gasteiger partial charge in [0.25, 0.3) is 0 Å². The van der Waals surface area contributed by atoms with Crippen molar-refractivity contribution < 1.29 is 17.1 Å². The molecule has 3 rings (SSSR count). The molecule has 1 aliphatic carbocycles. The minimum Gasteiger partial charge on any atom is -0.371 e. The third-order valence-electron chi connectivity index (χ3n) is 3.68. The molecule has 1 heterocycles. The summed E-state index contributed by atoms with van der Waals surface area (Å²) in [5.41, 5.74) is 1.48. The van der Waals surface area contributed by atoms with Gasteiger partial charge in [0.05, 0.1) is 5.69 Å². The van der Waals surface area contributed by atoms with Crippen LogP contribution in [-0.4, -0.2) is 13.6 Å². The van der Waals surface area contributed by atoms with Gasteiger partial charge in [-0.3, -0.25) is 0 Å². The number of nitrogens with two attached hydrogens (primary N) is 1. The van der Waals surface area contributed by atoms with Crippen LogP contribution in [0.1, 0.15) is 43.7 Å². The zero-order valence-corrected chi connectivity index (χ0v) is 11.7. The molecule has 0 saturated heterocycles. The van der Waals surface area contributed by atoms with Gasteiger partial charge >= 0.3 is 10.3 Å². The van der Waals surface area contributed by atoms with Crippen LogP contribution >= 0.6 is 0 Å². The molecule has 2 aromatic rings. The molecule has 0 atom stereocenters. The van der Waals surface area contributed by atoms with Gasteiger partial charge in [0.2, 0.25) is 0 Å². The Hall–Kier alpha value is -1.60. The number of rotatable bonds is 3. The highest BCUT2D eigenvalue weighted by atomic mass is 32.2. The predicted molar refractivity (Wildman–Crippen MR) is 73.6 cm³/mol. The fourth-order valence-corrected chi connectivity index (χ4v) is 3.17. The molecule has 7 heteroatoms. The number of hydrogen-bond acceptors (Lipinski definition) is 5. The first kappa shape index (κ1) is 13.4. The second-order valence-electron chi connectivity index (χ2n) is 5.14. The van der Waals surface area contributed by atoms with Gasteiger partial charge in [-0.15, -0.1) is 0 Å². The van der Waals surface area contributed by atoms with Crippen molar-refractivity contribution in [1.82, 2.24) is 5.16 Å². The summed E-state index contributed by atoms with van der Waals surface area (Å²) >= 11 is 0. The number of benzene rings is 1. The van der Waals surface area contributed by atoms with Crippen molar-refractivity contribution in [3.05, 3.63) is 23.9 Å². The maximum atomic E-state index is 10.9. The van der Waals surface area contributed by atoms with Gasteiger partial charge in [-0.05, 0) is 25.0 Å². The quantitative estimate of drug-likeness (QED) is 0.938. The van der Waals surface area contributed by atoms with Crippen LogP contribution in [0.5, 0.6) is 5.75 Å². The third-order valence-corrected chi connectivity index (χ3v) is 4.10. The van der Waals surface area contributed by atoms with E-state index in [-0.39, 0.29) is 5.75 Å². The largest absolute Gasteiger partial charge is 0.380 e. The molecule has 108 valence electrons. The van der Waals surface area contributed by atoms with E-state index in [2.05, 4.69) is 9.34 Å². The van der Waals surface area contributed by atoms with Crippen molar-refractivity contribution in [3.8, 4) is 5.75 Å².